The van der Waals surface area contributed by atoms with Crippen LogP contribution in [0, 0.1) is 0 Å². The molecule has 5 aromatic heterocycles. The number of furan rings is 1. The smallest absolute Gasteiger partial charge is 0.159 e. The van der Waals surface area contributed by atoms with Gasteiger partial charge >= 0.3 is 0 Å². The average Bonchev–Trinajstić information content (AvgIpc) is 1.52. The molecular weight excluding hydrogens is 1420 g/mol. The van der Waals surface area contributed by atoms with E-state index in [1.165, 1.54) is 41.3 Å². The molecule has 0 spiro atoms. The minimum atomic E-state index is -0.709. The SMILES string of the molecule is [2H]c1c([2H])c([2H])c(-c2ccc(N(c3cccc(-c4cccc5c4sc4c6ccccc6n(-c6ccccc6)c54)c3)c3cccc4c3oc3ccccc34)cc2)c([2H])c1[2H].[2H]c1c([2H])c([2H])c(N(c2cccc(-c3cccc4c3sc3c5ccccc5n(-c5ccccc5)c43)c2)c2ccc3c(c2)C(c2ccccc2)(c2ccccc2)c2ccccc2-3)c([2H])c1[2H]. The van der Waals surface area contributed by atoms with Gasteiger partial charge in [-0.05, 0) is 176 Å². The van der Waals surface area contributed by atoms with Gasteiger partial charge in [-0.3, -0.25) is 0 Å². The molecule has 536 valence electrons. The first-order chi connectivity index (χ1) is 60.7. The third-order valence-corrected chi connectivity index (χ3v) is 24.9. The molecule has 0 amide bonds. The first kappa shape index (κ1) is 56.8. The molecule has 7 heteroatoms. The van der Waals surface area contributed by atoms with Crippen molar-refractivity contribution in [3.05, 3.63) is 447 Å². The average molecular weight is 1500 g/mol. The molecule has 17 aromatic carbocycles. The topological polar surface area (TPSA) is 29.5 Å². The van der Waals surface area contributed by atoms with Crippen LogP contribution >= 0.6 is 22.7 Å². The molecule has 0 bridgehead atoms. The van der Waals surface area contributed by atoms with E-state index in [4.69, 9.17) is 15.4 Å². The second-order valence-corrected chi connectivity index (χ2v) is 30.6. The van der Waals surface area contributed by atoms with Gasteiger partial charge in [0.05, 0.1) is 56.3 Å². The second kappa shape index (κ2) is 27.6. The van der Waals surface area contributed by atoms with Crippen molar-refractivity contribution < 1.29 is 18.1 Å². The lowest BCUT2D eigenvalue weighted by molar-refractivity contribution is 0.669. The summed E-state index contributed by atoms with van der Waals surface area (Å²) >= 11 is 3.61. The van der Waals surface area contributed by atoms with Crippen molar-refractivity contribution in [3.8, 4) is 55.9 Å². The molecule has 0 unspecified atom stereocenters. The van der Waals surface area contributed by atoms with E-state index < -0.39 is 17.5 Å². The molecule has 0 N–H and O–H groups in total. The van der Waals surface area contributed by atoms with Crippen LogP contribution in [0.15, 0.2) is 429 Å². The number of para-hydroxylation sites is 7. The fourth-order valence-corrected chi connectivity index (χ4v) is 20.3. The van der Waals surface area contributed by atoms with Crippen molar-refractivity contribution in [1.82, 2.24) is 9.13 Å². The Morgan fingerprint density at radius 1 is 0.281 bits per heavy atom. The molecule has 0 aliphatic heterocycles. The maximum atomic E-state index is 9.38. The van der Waals surface area contributed by atoms with Crippen LogP contribution in [0.1, 0.15) is 36.0 Å². The molecule has 0 atom stereocenters. The Morgan fingerprint density at radius 2 is 0.728 bits per heavy atom. The van der Waals surface area contributed by atoms with E-state index in [-0.39, 0.29) is 59.6 Å². The van der Waals surface area contributed by atoms with Gasteiger partial charge < -0.3 is 23.4 Å². The lowest BCUT2D eigenvalue weighted by atomic mass is 9.67. The quantitative estimate of drug-likeness (QED) is 0.115. The van der Waals surface area contributed by atoms with Crippen LogP contribution in [-0.4, -0.2) is 9.13 Å². The van der Waals surface area contributed by atoms with Crippen LogP contribution in [0.25, 0.3) is 140 Å². The van der Waals surface area contributed by atoms with E-state index in [0.29, 0.717) is 16.9 Å². The highest BCUT2D eigenvalue weighted by Crippen LogP contribution is 2.58. The minimum Gasteiger partial charge on any atom is -0.454 e. The van der Waals surface area contributed by atoms with Gasteiger partial charge in [0.25, 0.3) is 0 Å². The highest BCUT2D eigenvalue weighted by Gasteiger charge is 2.46. The normalized spacial score (nSPS) is 13.5. The molecule has 1 aliphatic carbocycles. The van der Waals surface area contributed by atoms with Gasteiger partial charge in [-0.15, -0.1) is 22.7 Å². The number of hydrogen-bond acceptors (Lipinski definition) is 5. The summed E-state index contributed by atoms with van der Waals surface area (Å²) in [5.41, 5.74) is 23.2. The number of aromatic nitrogens is 2. The Morgan fingerprint density at radius 3 is 1.32 bits per heavy atom. The summed E-state index contributed by atoms with van der Waals surface area (Å²) in [5, 5.41) is 6.78. The molecule has 22 aromatic rings. The second-order valence-electron chi connectivity index (χ2n) is 28.6. The third kappa shape index (κ3) is 10.8. The molecule has 0 saturated carbocycles. The predicted molar refractivity (Wildman–Crippen MR) is 483 cm³/mol. The predicted octanol–water partition coefficient (Wildman–Crippen LogP) is 30.2. The number of nitrogens with zero attached hydrogens (tertiary/aromatic N) is 4. The van der Waals surface area contributed by atoms with Crippen molar-refractivity contribution in [2.75, 3.05) is 9.80 Å². The van der Waals surface area contributed by atoms with Crippen LogP contribution < -0.4 is 9.80 Å². The van der Waals surface area contributed by atoms with Crippen LogP contribution in [-0.2, 0) is 5.41 Å². The summed E-state index contributed by atoms with van der Waals surface area (Å²) in [4.78, 5) is 4.03. The third-order valence-electron chi connectivity index (χ3n) is 22.4. The zero-order chi connectivity index (χ0) is 83.9. The first-order valence-electron chi connectivity index (χ1n) is 43.0. The standard InChI is InChI=1S/C57H38N2S.C50H32N2OS/c1-5-20-40(21-6-1)57(41-22-7-2-8-23-41)51-33-15-13-29-47(51)48-36-35-45(38-52(48)57)58(42-24-9-3-10-25-42)44-28-17-19-39(37-44)46-31-18-32-50-54-56(60-55(46)50)49-30-14-16-34-53(49)59(54)43-26-11-4-12-27-43;1-3-14-33(15-4-1)34-28-30-37(31-29-34)51(45-26-13-23-41-40-20-8-10-27-46(40)53-48(41)45)38-19-11-16-35(32-38)39-22-12-24-43-47-50(54-49(39)43)42-21-7-9-25-44(42)52(47)36-17-5-2-6-18-36/h1-38H;1-32H/i3D,9D,10D,24D,25D;1D,3D,4D,14D,15D. The molecular formula is C107H70N4OS2. The van der Waals surface area contributed by atoms with Gasteiger partial charge in [-0.2, -0.15) is 0 Å². The Hall–Kier alpha value is -14.3. The number of rotatable bonds is 13. The first-order valence-corrected chi connectivity index (χ1v) is 39.7. The van der Waals surface area contributed by atoms with Crippen LogP contribution in [0.4, 0.5) is 34.1 Å². The molecule has 0 radical (unpaired) electrons. The molecule has 5 heterocycles. The molecule has 23 rings (SSSR count). The Bertz CT molecular complexity index is 7990. The molecule has 0 fully saturated rings. The van der Waals surface area contributed by atoms with Crippen LogP contribution in [0.2, 0.25) is 0 Å². The molecule has 1 aliphatic rings. The van der Waals surface area contributed by atoms with E-state index >= 15 is 0 Å². The van der Waals surface area contributed by atoms with Crippen LogP contribution in [0.5, 0.6) is 0 Å². The van der Waals surface area contributed by atoms with Gasteiger partial charge in [-0.25, -0.2) is 0 Å². The number of hydrogen-bond donors (Lipinski definition) is 0. The highest BCUT2D eigenvalue weighted by atomic mass is 32.1. The Kier molecular flexibility index (Phi) is 13.8. The number of thiophene rings is 2. The number of benzene rings is 17. The van der Waals surface area contributed by atoms with Gasteiger partial charge in [0.2, 0.25) is 0 Å². The van der Waals surface area contributed by atoms with E-state index in [9.17, 15) is 2.74 Å². The van der Waals surface area contributed by atoms with Crippen LogP contribution in [0.3, 0.4) is 0 Å². The summed E-state index contributed by atoms with van der Waals surface area (Å²) in [5.74, 6) is 0. The Balaban J connectivity index is 0.000000148. The minimum absolute atomic E-state index is 0.0806. The maximum Gasteiger partial charge on any atom is 0.159 e. The lowest BCUT2D eigenvalue weighted by Gasteiger charge is -2.35. The van der Waals surface area contributed by atoms with Gasteiger partial charge in [0.15, 0.2) is 5.58 Å². The van der Waals surface area contributed by atoms with Gasteiger partial charge in [0.1, 0.15) is 5.58 Å². The van der Waals surface area contributed by atoms with Gasteiger partial charge in [-0.1, -0.05) is 315 Å². The maximum absolute atomic E-state index is 9.38. The number of fused-ring (bicyclic) bond motifs is 16. The summed E-state index contributed by atoms with van der Waals surface area (Å²) < 4.78 is 103. The summed E-state index contributed by atoms with van der Waals surface area (Å²) in [6.07, 6.45) is 0. The van der Waals surface area contributed by atoms with Crippen molar-refractivity contribution >= 4 is 141 Å². The lowest BCUT2D eigenvalue weighted by Crippen LogP contribution is -2.28. The molecule has 0 saturated heterocycles. The van der Waals surface area contributed by atoms with E-state index in [2.05, 4.69) is 293 Å². The van der Waals surface area contributed by atoms with Gasteiger partial charge in [0, 0.05) is 81.5 Å². The monoisotopic (exact) mass is 1500 g/mol. The van der Waals surface area contributed by atoms with Crippen molar-refractivity contribution in [2.45, 2.75) is 5.41 Å². The highest BCUT2D eigenvalue weighted by molar-refractivity contribution is 7.27. The van der Waals surface area contributed by atoms with E-state index in [1.807, 2.05) is 101 Å². The zero-order valence-corrected chi connectivity index (χ0v) is 62.8. The van der Waals surface area contributed by atoms with Crippen molar-refractivity contribution in [3.63, 3.8) is 0 Å². The van der Waals surface area contributed by atoms with Crippen molar-refractivity contribution in [2.24, 2.45) is 0 Å². The fourth-order valence-electron chi connectivity index (χ4n) is 17.6. The summed E-state index contributed by atoms with van der Waals surface area (Å²) in [6, 6.07) is 122. The number of anilines is 6. The van der Waals surface area contributed by atoms with E-state index in [0.717, 1.165) is 127 Å². The molecule has 5 nitrogen and oxygen atoms in total. The van der Waals surface area contributed by atoms with Crippen molar-refractivity contribution in [1.29, 1.82) is 0 Å². The fraction of sp³-hybridized carbons (Fsp3) is 0.00935. The Labute approximate surface area is 681 Å². The zero-order valence-electron chi connectivity index (χ0n) is 71.2. The molecule has 114 heavy (non-hydrogen) atoms. The summed E-state index contributed by atoms with van der Waals surface area (Å²) in [6.45, 7) is 0. The van der Waals surface area contributed by atoms with E-state index in [1.54, 1.807) is 11.3 Å². The summed E-state index contributed by atoms with van der Waals surface area (Å²) in [7, 11) is 0. The largest absolute Gasteiger partial charge is 0.454 e.